The topological polar surface area (TPSA) is 84.0 Å². The van der Waals surface area contributed by atoms with Crippen LogP contribution in [0.5, 0.6) is 0 Å². The Kier molecular flexibility index (Phi) is 5.52. The zero-order chi connectivity index (χ0) is 15.3. The van der Waals surface area contributed by atoms with Gasteiger partial charge in [0.1, 0.15) is 4.90 Å². The van der Waals surface area contributed by atoms with Crippen molar-refractivity contribution in [2.45, 2.75) is 56.9 Å². The smallest absolute Gasteiger partial charge is 0.243 e. The molecule has 1 aliphatic rings. The molecule has 0 aromatic carbocycles. The summed E-state index contributed by atoms with van der Waals surface area (Å²) < 4.78 is 27.4. The van der Waals surface area contributed by atoms with Gasteiger partial charge in [-0.3, -0.25) is 0 Å². The molecule has 0 bridgehead atoms. The van der Waals surface area contributed by atoms with Gasteiger partial charge in [-0.2, -0.15) is 0 Å². The highest BCUT2D eigenvalue weighted by Crippen LogP contribution is 2.27. The van der Waals surface area contributed by atoms with E-state index in [9.17, 15) is 8.42 Å². The van der Waals surface area contributed by atoms with Gasteiger partial charge in [-0.05, 0) is 38.5 Å². The highest BCUT2D eigenvalue weighted by atomic mass is 32.2. The van der Waals surface area contributed by atoms with Gasteiger partial charge in [0.05, 0.1) is 12.4 Å². The number of anilines is 1. The van der Waals surface area contributed by atoms with Crippen LogP contribution in [0.25, 0.3) is 0 Å². The summed E-state index contributed by atoms with van der Waals surface area (Å²) in [7, 11) is -3.52. The zero-order valence-corrected chi connectivity index (χ0v) is 13.5. The average Bonchev–Trinajstić information content (AvgIpc) is 2.48. The number of rotatable bonds is 6. The lowest BCUT2D eigenvalue weighted by molar-refractivity contribution is 0.306. The fourth-order valence-electron chi connectivity index (χ4n) is 2.68. The summed E-state index contributed by atoms with van der Waals surface area (Å²) in [5.74, 6) is 1.19. The third-order valence-electron chi connectivity index (χ3n) is 4.02. The van der Waals surface area contributed by atoms with Gasteiger partial charge in [-0.25, -0.2) is 23.1 Å². The third-order valence-corrected chi connectivity index (χ3v) is 5.49. The number of sulfonamides is 1. The maximum Gasteiger partial charge on any atom is 0.243 e. The van der Waals surface area contributed by atoms with Gasteiger partial charge >= 0.3 is 0 Å². The molecule has 0 amide bonds. The molecule has 1 aromatic rings. The van der Waals surface area contributed by atoms with Crippen molar-refractivity contribution in [1.82, 2.24) is 14.7 Å². The molecular formula is C14H24N4O2S. The van der Waals surface area contributed by atoms with Crippen molar-refractivity contribution in [3.05, 3.63) is 12.4 Å². The zero-order valence-electron chi connectivity index (χ0n) is 12.7. The molecule has 7 heteroatoms. The van der Waals surface area contributed by atoms with Crippen LogP contribution in [0.3, 0.4) is 0 Å². The predicted octanol–water partition coefficient (Wildman–Crippen LogP) is 2.16. The molecule has 1 fully saturated rings. The van der Waals surface area contributed by atoms with Crippen molar-refractivity contribution >= 4 is 16.0 Å². The molecule has 0 saturated heterocycles. The number of hydrogen-bond donors (Lipinski definition) is 2. The van der Waals surface area contributed by atoms with Crippen molar-refractivity contribution in [3.63, 3.8) is 0 Å². The fraction of sp³-hybridized carbons (Fsp3) is 0.714. The summed E-state index contributed by atoms with van der Waals surface area (Å²) in [6, 6.07) is 0.0336. The lowest BCUT2D eigenvalue weighted by Gasteiger charge is -2.28. The minimum atomic E-state index is -3.52. The largest absolute Gasteiger partial charge is 0.355 e. The molecule has 0 aliphatic heterocycles. The van der Waals surface area contributed by atoms with Crippen molar-refractivity contribution in [2.75, 3.05) is 11.9 Å². The Morgan fingerprint density at radius 1 is 1.14 bits per heavy atom. The van der Waals surface area contributed by atoms with E-state index in [-0.39, 0.29) is 10.9 Å². The van der Waals surface area contributed by atoms with Gasteiger partial charge in [0.2, 0.25) is 16.0 Å². The van der Waals surface area contributed by atoms with E-state index in [4.69, 9.17) is 0 Å². The average molecular weight is 312 g/mol. The second-order valence-electron chi connectivity index (χ2n) is 5.52. The van der Waals surface area contributed by atoms with E-state index in [1.807, 2.05) is 6.92 Å². The Morgan fingerprint density at radius 3 is 2.29 bits per heavy atom. The molecular weight excluding hydrogens is 288 g/mol. The summed E-state index contributed by atoms with van der Waals surface area (Å²) in [5.41, 5.74) is 0. The van der Waals surface area contributed by atoms with Gasteiger partial charge < -0.3 is 5.32 Å². The minimum absolute atomic E-state index is 0.0336. The van der Waals surface area contributed by atoms with E-state index in [1.54, 1.807) is 0 Å². The summed E-state index contributed by atoms with van der Waals surface area (Å²) in [4.78, 5) is 8.15. The van der Waals surface area contributed by atoms with Crippen molar-refractivity contribution < 1.29 is 8.42 Å². The third kappa shape index (κ3) is 4.38. The maximum atomic E-state index is 12.3. The number of nitrogens with zero attached hydrogens (tertiary/aromatic N) is 2. The molecule has 0 spiro atoms. The van der Waals surface area contributed by atoms with Crippen LogP contribution >= 0.6 is 0 Å². The molecule has 1 aromatic heterocycles. The second kappa shape index (κ2) is 7.17. The fourth-order valence-corrected chi connectivity index (χ4v) is 3.87. The summed E-state index contributed by atoms with van der Waals surface area (Å²) >= 11 is 0. The van der Waals surface area contributed by atoms with E-state index in [0.29, 0.717) is 12.5 Å². The lowest BCUT2D eigenvalue weighted by atomic mass is 9.85. The molecule has 1 saturated carbocycles. The first-order valence-corrected chi connectivity index (χ1v) is 9.11. The molecule has 0 atom stereocenters. The molecule has 0 unspecified atom stereocenters. The Hall–Kier alpha value is -1.21. The van der Waals surface area contributed by atoms with E-state index in [0.717, 1.165) is 31.6 Å². The summed E-state index contributed by atoms with van der Waals surface area (Å²) in [6.07, 6.45) is 7.90. The van der Waals surface area contributed by atoms with E-state index < -0.39 is 10.0 Å². The van der Waals surface area contributed by atoms with Gasteiger partial charge in [-0.1, -0.05) is 13.3 Å². The Labute approximate surface area is 126 Å². The first-order valence-electron chi connectivity index (χ1n) is 7.63. The predicted molar refractivity (Wildman–Crippen MR) is 82.6 cm³/mol. The van der Waals surface area contributed by atoms with Crippen LogP contribution in [0.2, 0.25) is 0 Å². The number of hydrogen-bond acceptors (Lipinski definition) is 5. The van der Waals surface area contributed by atoms with E-state index in [1.165, 1.54) is 18.8 Å². The quantitative estimate of drug-likeness (QED) is 0.841. The second-order valence-corrected chi connectivity index (χ2v) is 7.23. The van der Waals surface area contributed by atoms with Gasteiger partial charge in [0, 0.05) is 12.6 Å². The Balaban J connectivity index is 1.98. The molecule has 1 heterocycles. The molecule has 2 rings (SSSR count). The normalized spacial score (nSPS) is 23.0. The van der Waals surface area contributed by atoms with Crippen molar-refractivity contribution in [3.8, 4) is 0 Å². The monoisotopic (exact) mass is 312 g/mol. The van der Waals surface area contributed by atoms with Crippen molar-refractivity contribution in [2.24, 2.45) is 5.92 Å². The molecule has 118 valence electrons. The Morgan fingerprint density at radius 2 is 1.76 bits per heavy atom. The lowest BCUT2D eigenvalue weighted by Crippen LogP contribution is -2.37. The van der Waals surface area contributed by atoms with Crippen LogP contribution in [-0.2, 0) is 10.0 Å². The molecule has 6 nitrogen and oxygen atoms in total. The van der Waals surface area contributed by atoms with Gasteiger partial charge in [0.15, 0.2) is 0 Å². The van der Waals surface area contributed by atoms with Crippen LogP contribution in [0.1, 0.15) is 46.0 Å². The summed E-state index contributed by atoms with van der Waals surface area (Å²) in [6.45, 7) is 4.83. The molecule has 0 radical (unpaired) electrons. The van der Waals surface area contributed by atoms with E-state index >= 15 is 0 Å². The van der Waals surface area contributed by atoms with Crippen LogP contribution < -0.4 is 10.0 Å². The SMILES string of the molecule is CCNc1ncc(S(=O)(=O)NC2CCC(CC)CC2)cn1. The first-order chi connectivity index (χ1) is 10.0. The van der Waals surface area contributed by atoms with Gasteiger partial charge in [0.25, 0.3) is 0 Å². The molecule has 2 N–H and O–H groups in total. The van der Waals surface area contributed by atoms with Crippen LogP contribution in [0.4, 0.5) is 5.95 Å². The standard InChI is InChI=1S/C14H24N4O2S/c1-3-11-5-7-12(8-6-11)18-21(19,20)13-9-16-14(15-4-2)17-10-13/h9-12,18H,3-8H2,1-2H3,(H,15,16,17). The van der Waals surface area contributed by atoms with Gasteiger partial charge in [-0.15, -0.1) is 0 Å². The van der Waals surface area contributed by atoms with E-state index in [2.05, 4.69) is 26.9 Å². The molecule has 21 heavy (non-hydrogen) atoms. The van der Waals surface area contributed by atoms with Crippen LogP contribution in [-0.4, -0.2) is 31.0 Å². The minimum Gasteiger partial charge on any atom is -0.355 e. The highest BCUT2D eigenvalue weighted by molar-refractivity contribution is 7.89. The first kappa shape index (κ1) is 16.2. The Bertz CT molecular complexity index is 537. The summed E-state index contributed by atoms with van der Waals surface area (Å²) in [5, 5.41) is 2.94. The number of aromatic nitrogens is 2. The van der Waals surface area contributed by atoms with Crippen LogP contribution in [0.15, 0.2) is 17.3 Å². The molecule has 1 aliphatic carbocycles. The van der Waals surface area contributed by atoms with Crippen LogP contribution in [0, 0.1) is 5.92 Å². The van der Waals surface area contributed by atoms with Crippen molar-refractivity contribution in [1.29, 1.82) is 0 Å². The maximum absolute atomic E-state index is 12.3. The number of nitrogens with one attached hydrogen (secondary N) is 2. The highest BCUT2D eigenvalue weighted by Gasteiger charge is 2.25.